The van der Waals surface area contributed by atoms with Gasteiger partial charge in [-0.15, -0.1) is 0 Å². The highest BCUT2D eigenvalue weighted by molar-refractivity contribution is 5.55. The molecule has 2 nitrogen and oxygen atoms in total. The van der Waals surface area contributed by atoms with E-state index in [2.05, 4.69) is 11.6 Å². The van der Waals surface area contributed by atoms with Gasteiger partial charge in [0.05, 0.1) is 11.8 Å². The molecule has 0 heterocycles. The second-order valence-corrected chi connectivity index (χ2v) is 1.76. The molecule has 0 rings (SSSR count). The van der Waals surface area contributed by atoms with E-state index >= 15 is 0 Å². The van der Waals surface area contributed by atoms with Gasteiger partial charge in [0.25, 0.3) is 0 Å². The van der Waals surface area contributed by atoms with Crippen LogP contribution in [0.4, 0.5) is 0 Å². The third-order valence-corrected chi connectivity index (χ3v) is 1.12. The smallest absolute Gasteiger partial charge is 0.0956 e. The Balaban J connectivity index is 3.73. The Bertz CT molecular complexity index is 118. The van der Waals surface area contributed by atoms with Gasteiger partial charge in [0, 0.05) is 13.3 Å². The fourth-order valence-corrected chi connectivity index (χ4v) is 0.407. The van der Waals surface area contributed by atoms with Crippen LogP contribution in [0.25, 0.3) is 0 Å². The highest BCUT2D eigenvalue weighted by Crippen LogP contribution is 2.01. The normalized spacial score (nSPS) is 14.1. The molecule has 0 amide bonds. The molecule has 0 fully saturated rings. The van der Waals surface area contributed by atoms with Crippen LogP contribution < -0.4 is 0 Å². The predicted octanol–water partition coefficient (Wildman–Crippen LogP) is 1.63. The predicted molar refractivity (Wildman–Crippen MR) is 39.8 cm³/mol. The molecule has 0 aliphatic carbocycles. The molecule has 9 heavy (non-hydrogen) atoms. The van der Waals surface area contributed by atoms with E-state index in [1.54, 1.807) is 13.3 Å². The van der Waals surface area contributed by atoms with Gasteiger partial charge < -0.3 is 4.74 Å². The molecular weight excluding hydrogens is 114 g/mol. The van der Waals surface area contributed by atoms with E-state index in [4.69, 9.17) is 4.74 Å². The molecule has 0 aromatic rings. The highest BCUT2D eigenvalue weighted by Gasteiger charge is 1.99. The van der Waals surface area contributed by atoms with Crippen LogP contribution in [0.3, 0.4) is 0 Å². The summed E-state index contributed by atoms with van der Waals surface area (Å²) < 4.78 is 4.95. The van der Waals surface area contributed by atoms with Gasteiger partial charge in [-0.05, 0) is 13.8 Å². The highest BCUT2D eigenvalue weighted by atomic mass is 16.5. The van der Waals surface area contributed by atoms with Crippen LogP contribution in [0.1, 0.15) is 13.8 Å². The number of ether oxygens (including phenoxy) is 1. The molecule has 0 spiro atoms. The Labute approximate surface area is 56.2 Å². The fraction of sp³-hybridized carbons (Fsp3) is 0.571. The van der Waals surface area contributed by atoms with Crippen LogP contribution in [0.15, 0.2) is 17.3 Å². The molecule has 0 aromatic carbocycles. The lowest BCUT2D eigenvalue weighted by molar-refractivity contribution is 0.146. The molecule has 0 aliphatic heterocycles. The lowest BCUT2D eigenvalue weighted by Crippen LogP contribution is -2.05. The Morgan fingerprint density at radius 2 is 2.33 bits per heavy atom. The molecule has 0 aliphatic rings. The van der Waals surface area contributed by atoms with E-state index in [-0.39, 0.29) is 6.10 Å². The van der Waals surface area contributed by atoms with Crippen molar-refractivity contribution in [3.8, 4) is 0 Å². The van der Waals surface area contributed by atoms with Crippen LogP contribution >= 0.6 is 0 Å². The van der Waals surface area contributed by atoms with Crippen molar-refractivity contribution in [2.75, 3.05) is 7.11 Å². The van der Waals surface area contributed by atoms with Crippen LogP contribution in [-0.4, -0.2) is 19.4 Å². The van der Waals surface area contributed by atoms with Crippen molar-refractivity contribution in [1.29, 1.82) is 0 Å². The Morgan fingerprint density at radius 1 is 1.78 bits per heavy atom. The largest absolute Gasteiger partial charge is 0.375 e. The second-order valence-electron chi connectivity index (χ2n) is 1.76. The van der Waals surface area contributed by atoms with Crippen molar-refractivity contribution in [1.82, 2.24) is 0 Å². The maximum absolute atomic E-state index is 4.95. The van der Waals surface area contributed by atoms with Crippen molar-refractivity contribution in [2.24, 2.45) is 4.99 Å². The maximum atomic E-state index is 4.95. The zero-order valence-electron chi connectivity index (χ0n) is 6.22. The molecule has 0 aromatic heterocycles. The summed E-state index contributed by atoms with van der Waals surface area (Å²) in [4.78, 5) is 3.95. The van der Waals surface area contributed by atoms with Gasteiger partial charge in [-0.2, -0.15) is 0 Å². The van der Waals surface area contributed by atoms with E-state index in [1.165, 1.54) is 0 Å². The second kappa shape index (κ2) is 4.27. The number of methoxy groups -OCH3 is 1. The summed E-state index contributed by atoms with van der Waals surface area (Å²) in [5.41, 5.74) is 0.764. The lowest BCUT2D eigenvalue weighted by Gasteiger charge is -2.06. The number of hydrogen-bond donors (Lipinski definition) is 0. The summed E-state index contributed by atoms with van der Waals surface area (Å²) in [6, 6.07) is 0. The number of aliphatic imine (C=N–C) groups is 1. The van der Waals surface area contributed by atoms with Crippen LogP contribution in [0.5, 0.6) is 0 Å². The Kier molecular flexibility index (Phi) is 3.97. The zero-order valence-corrected chi connectivity index (χ0v) is 6.22. The van der Waals surface area contributed by atoms with E-state index in [0.29, 0.717) is 0 Å². The van der Waals surface area contributed by atoms with E-state index in [1.807, 2.05) is 13.8 Å². The first-order valence-corrected chi connectivity index (χ1v) is 2.92. The van der Waals surface area contributed by atoms with Gasteiger partial charge in [-0.25, -0.2) is 0 Å². The van der Waals surface area contributed by atoms with Crippen LogP contribution in [0.2, 0.25) is 0 Å². The van der Waals surface area contributed by atoms with Gasteiger partial charge >= 0.3 is 0 Å². The Hall–Kier alpha value is -0.630. The molecule has 0 radical (unpaired) electrons. The van der Waals surface area contributed by atoms with E-state index < -0.39 is 0 Å². The topological polar surface area (TPSA) is 21.6 Å². The van der Waals surface area contributed by atoms with Crippen molar-refractivity contribution in [2.45, 2.75) is 20.0 Å². The van der Waals surface area contributed by atoms with Gasteiger partial charge in [0.15, 0.2) is 0 Å². The summed E-state index contributed by atoms with van der Waals surface area (Å²) >= 11 is 0. The molecule has 0 N–H and O–H groups in total. The van der Waals surface area contributed by atoms with E-state index in [0.717, 1.165) is 5.70 Å². The monoisotopic (exact) mass is 127 g/mol. The van der Waals surface area contributed by atoms with Gasteiger partial charge in [0.1, 0.15) is 0 Å². The SMILES string of the molecule is C=C(/N=C\C)[C@H](C)OC. The average Bonchev–Trinajstić information content (AvgIpc) is 1.87. The molecule has 0 saturated heterocycles. The van der Waals surface area contributed by atoms with Gasteiger partial charge in [-0.1, -0.05) is 6.58 Å². The van der Waals surface area contributed by atoms with Gasteiger partial charge in [-0.3, -0.25) is 4.99 Å². The van der Waals surface area contributed by atoms with E-state index in [9.17, 15) is 0 Å². The maximum Gasteiger partial charge on any atom is 0.0956 e. The van der Waals surface area contributed by atoms with Gasteiger partial charge in [0.2, 0.25) is 0 Å². The van der Waals surface area contributed by atoms with Crippen molar-refractivity contribution in [3.63, 3.8) is 0 Å². The van der Waals surface area contributed by atoms with Crippen molar-refractivity contribution in [3.05, 3.63) is 12.3 Å². The lowest BCUT2D eigenvalue weighted by atomic mass is 10.3. The average molecular weight is 127 g/mol. The molecule has 1 atom stereocenters. The molecule has 0 unspecified atom stereocenters. The van der Waals surface area contributed by atoms with Crippen molar-refractivity contribution >= 4 is 6.21 Å². The van der Waals surface area contributed by atoms with Crippen LogP contribution in [-0.2, 0) is 4.74 Å². The number of rotatable bonds is 3. The summed E-state index contributed by atoms with van der Waals surface area (Å²) in [6.45, 7) is 7.46. The summed E-state index contributed by atoms with van der Waals surface area (Å²) in [7, 11) is 1.64. The van der Waals surface area contributed by atoms with Crippen LogP contribution in [0, 0.1) is 0 Å². The molecule has 0 saturated carbocycles. The minimum Gasteiger partial charge on any atom is -0.375 e. The standard InChI is InChI=1S/C7H13NO/c1-5-8-6(2)7(3)9-4/h5,7H,2H2,1,3-4H3/b8-5-/t7-/m0/s1. The quantitative estimate of drug-likeness (QED) is 0.528. The summed E-state index contributed by atoms with van der Waals surface area (Å²) in [5.74, 6) is 0. The molecule has 0 bridgehead atoms. The minimum atomic E-state index is 0.0289. The van der Waals surface area contributed by atoms with Crippen molar-refractivity contribution < 1.29 is 4.74 Å². The minimum absolute atomic E-state index is 0.0289. The number of hydrogen-bond acceptors (Lipinski definition) is 2. The number of nitrogens with zero attached hydrogens (tertiary/aromatic N) is 1. The molecule has 52 valence electrons. The fourth-order valence-electron chi connectivity index (χ4n) is 0.407. The third-order valence-electron chi connectivity index (χ3n) is 1.12. The molecule has 2 heteroatoms. The molecular formula is C7H13NO. The third kappa shape index (κ3) is 3.03. The first-order chi connectivity index (χ1) is 4.22. The first kappa shape index (κ1) is 8.37. The first-order valence-electron chi connectivity index (χ1n) is 2.92. The Morgan fingerprint density at radius 3 is 2.67 bits per heavy atom. The summed E-state index contributed by atoms with van der Waals surface area (Å²) in [5, 5.41) is 0. The summed E-state index contributed by atoms with van der Waals surface area (Å²) in [6.07, 6.45) is 1.74. The zero-order chi connectivity index (χ0) is 7.28.